The summed E-state index contributed by atoms with van der Waals surface area (Å²) in [6, 6.07) is 7.16. The molecule has 2 saturated heterocycles. The lowest BCUT2D eigenvalue weighted by atomic mass is 9.75. The lowest BCUT2D eigenvalue weighted by molar-refractivity contribution is -0.209. The molecule has 1 aliphatic carbocycles. The number of piperidine rings is 1. The van der Waals surface area contributed by atoms with Gasteiger partial charge in [0.05, 0.1) is 17.0 Å². The molecule has 0 aromatic heterocycles. The van der Waals surface area contributed by atoms with Crippen molar-refractivity contribution in [2.75, 3.05) is 33.2 Å². The Balaban J connectivity index is 1.56. The van der Waals surface area contributed by atoms with E-state index in [-0.39, 0.29) is 24.6 Å². The molecule has 2 fully saturated rings. The molecule has 4 atom stereocenters. The van der Waals surface area contributed by atoms with Gasteiger partial charge in [-0.1, -0.05) is 42.5 Å². The maximum atomic E-state index is 14.1. The van der Waals surface area contributed by atoms with Gasteiger partial charge in [0, 0.05) is 32.6 Å². The minimum atomic E-state index is -4.89. The van der Waals surface area contributed by atoms with Crippen molar-refractivity contribution in [3.05, 3.63) is 59.2 Å². The standard InChI is InChI=1S/C26H31F6N3O/c1-17-6-3-4-8-20(17)22-21-16-33-15-18(21)9-12-35(22)23(36)34(2)13-11-24(26(30,31)32)10-5-7-19(14-24)25(27,28)29/h3-8,14,18,21-22,33H,9-13,15-16H2,1-2H3/t18-,21-,22+,24?/m1/s1. The molecule has 2 aliphatic heterocycles. The number of likely N-dealkylation sites (tertiary alicyclic amines) is 1. The molecular formula is C26H31F6N3O. The quantitative estimate of drug-likeness (QED) is 0.498. The van der Waals surface area contributed by atoms with Crippen molar-refractivity contribution in [2.24, 2.45) is 17.3 Å². The topological polar surface area (TPSA) is 35.6 Å². The van der Waals surface area contributed by atoms with Crippen molar-refractivity contribution in [2.45, 2.75) is 44.6 Å². The van der Waals surface area contributed by atoms with E-state index in [0.717, 1.165) is 36.7 Å². The molecule has 0 radical (unpaired) electrons. The van der Waals surface area contributed by atoms with Gasteiger partial charge >= 0.3 is 18.4 Å². The summed E-state index contributed by atoms with van der Waals surface area (Å²) in [7, 11) is 1.42. The first-order valence-electron chi connectivity index (χ1n) is 12.2. The number of amides is 2. The van der Waals surface area contributed by atoms with Gasteiger partial charge in [0.15, 0.2) is 0 Å². The number of nitrogens with zero attached hydrogens (tertiary/aromatic N) is 2. The van der Waals surface area contributed by atoms with Gasteiger partial charge in [-0.05, 0) is 49.8 Å². The first kappa shape index (κ1) is 26.6. The van der Waals surface area contributed by atoms with Crippen LogP contribution in [0.25, 0.3) is 0 Å². The fourth-order valence-corrected chi connectivity index (χ4v) is 5.82. The van der Waals surface area contributed by atoms with E-state index < -0.39 is 42.2 Å². The first-order valence-corrected chi connectivity index (χ1v) is 12.2. The minimum Gasteiger partial charge on any atom is -0.328 e. The maximum Gasteiger partial charge on any atom is 0.416 e. The van der Waals surface area contributed by atoms with Crippen LogP contribution < -0.4 is 5.32 Å². The summed E-state index contributed by atoms with van der Waals surface area (Å²) >= 11 is 0. The van der Waals surface area contributed by atoms with E-state index in [0.29, 0.717) is 18.5 Å². The van der Waals surface area contributed by atoms with Crippen LogP contribution in [0.5, 0.6) is 0 Å². The molecule has 0 spiro atoms. The molecule has 2 heterocycles. The maximum absolute atomic E-state index is 14.1. The predicted molar refractivity (Wildman–Crippen MR) is 124 cm³/mol. The average Bonchev–Trinajstić information content (AvgIpc) is 3.30. The lowest BCUT2D eigenvalue weighted by Gasteiger charge is -2.45. The molecule has 1 unspecified atom stereocenters. The van der Waals surface area contributed by atoms with Gasteiger partial charge in [-0.25, -0.2) is 4.79 Å². The van der Waals surface area contributed by atoms with E-state index in [1.54, 1.807) is 4.90 Å². The van der Waals surface area contributed by atoms with Crippen LogP contribution in [0.3, 0.4) is 0 Å². The van der Waals surface area contributed by atoms with Crippen LogP contribution in [-0.4, -0.2) is 61.4 Å². The third-order valence-corrected chi connectivity index (χ3v) is 7.95. The van der Waals surface area contributed by atoms with Gasteiger partial charge in [-0.3, -0.25) is 0 Å². The lowest BCUT2D eigenvalue weighted by Crippen LogP contribution is -2.51. The number of halogens is 6. The summed E-state index contributed by atoms with van der Waals surface area (Å²) in [5, 5.41) is 3.40. The van der Waals surface area contributed by atoms with Gasteiger partial charge in [0.25, 0.3) is 0 Å². The Bertz CT molecular complexity index is 1030. The second-order valence-electron chi connectivity index (χ2n) is 10.2. The number of nitrogens with one attached hydrogen (secondary N) is 1. The Morgan fingerprint density at radius 1 is 1.17 bits per heavy atom. The average molecular weight is 516 g/mol. The number of fused-ring (bicyclic) bond motifs is 1. The fourth-order valence-electron chi connectivity index (χ4n) is 5.82. The molecule has 3 aliphatic rings. The van der Waals surface area contributed by atoms with Crippen LogP contribution in [0.15, 0.2) is 48.1 Å². The number of rotatable bonds is 4. The summed E-state index contributed by atoms with van der Waals surface area (Å²) < 4.78 is 81.9. The number of allylic oxidation sites excluding steroid dienone is 4. The number of urea groups is 1. The molecular weight excluding hydrogens is 484 g/mol. The van der Waals surface area contributed by atoms with Crippen LogP contribution in [0.2, 0.25) is 0 Å². The van der Waals surface area contributed by atoms with Crippen LogP contribution in [0.4, 0.5) is 31.1 Å². The highest BCUT2D eigenvalue weighted by atomic mass is 19.4. The normalized spacial score (nSPS) is 28.6. The SMILES string of the molecule is Cc1ccccc1[C@H]1[C@@H]2CNC[C@H]2CCN1C(=O)N(C)CCC1(C(F)(F)F)C=C(C(F)(F)F)C=CC1. The van der Waals surface area contributed by atoms with Gasteiger partial charge in [0.1, 0.15) is 0 Å². The first-order chi connectivity index (χ1) is 16.8. The van der Waals surface area contributed by atoms with Crippen molar-refractivity contribution in [3.63, 3.8) is 0 Å². The summed E-state index contributed by atoms with van der Waals surface area (Å²) in [5.74, 6) is 0.580. The van der Waals surface area contributed by atoms with Crippen molar-refractivity contribution >= 4 is 6.03 Å². The van der Waals surface area contributed by atoms with Crippen molar-refractivity contribution < 1.29 is 31.1 Å². The third kappa shape index (κ3) is 5.01. The third-order valence-electron chi connectivity index (χ3n) is 7.95. The molecule has 1 N–H and O–H groups in total. The molecule has 10 heteroatoms. The van der Waals surface area contributed by atoms with Crippen LogP contribution in [0, 0.1) is 24.2 Å². The molecule has 198 valence electrons. The van der Waals surface area contributed by atoms with Crippen LogP contribution in [0.1, 0.15) is 36.4 Å². The van der Waals surface area contributed by atoms with Crippen LogP contribution in [-0.2, 0) is 0 Å². The van der Waals surface area contributed by atoms with Crippen molar-refractivity contribution in [1.82, 2.24) is 15.1 Å². The number of carbonyl (C=O) groups is 1. The summed E-state index contributed by atoms with van der Waals surface area (Å²) in [5.41, 5.74) is -1.95. The zero-order chi connectivity index (χ0) is 26.3. The van der Waals surface area contributed by atoms with Gasteiger partial charge in [0.2, 0.25) is 0 Å². The Morgan fingerprint density at radius 2 is 1.89 bits per heavy atom. The highest BCUT2D eigenvalue weighted by Crippen LogP contribution is 2.50. The second kappa shape index (κ2) is 9.76. The molecule has 0 saturated carbocycles. The van der Waals surface area contributed by atoms with Gasteiger partial charge in [-0.15, -0.1) is 0 Å². The highest BCUT2D eigenvalue weighted by molar-refractivity contribution is 5.75. The van der Waals surface area contributed by atoms with Crippen molar-refractivity contribution in [3.8, 4) is 0 Å². The Labute approximate surface area is 207 Å². The summed E-state index contributed by atoms with van der Waals surface area (Å²) in [6.07, 6.45) is -8.34. The second-order valence-corrected chi connectivity index (χ2v) is 10.2. The van der Waals surface area contributed by atoms with E-state index in [4.69, 9.17) is 0 Å². The summed E-state index contributed by atoms with van der Waals surface area (Å²) in [6.45, 7) is 3.72. The molecule has 4 nitrogen and oxygen atoms in total. The van der Waals surface area contributed by atoms with E-state index in [1.165, 1.54) is 11.9 Å². The van der Waals surface area contributed by atoms with Gasteiger partial charge in [-0.2, -0.15) is 26.3 Å². The van der Waals surface area contributed by atoms with Crippen molar-refractivity contribution in [1.29, 1.82) is 0 Å². The molecule has 1 aromatic rings. The molecule has 1 aromatic carbocycles. The number of alkyl halides is 6. The Hall–Kier alpha value is -2.49. The fraction of sp³-hybridized carbons (Fsp3) is 0.577. The number of benzene rings is 1. The molecule has 36 heavy (non-hydrogen) atoms. The summed E-state index contributed by atoms with van der Waals surface area (Å²) in [4.78, 5) is 16.5. The molecule has 4 rings (SSSR count). The highest BCUT2D eigenvalue weighted by Gasteiger charge is 2.55. The molecule has 0 bridgehead atoms. The van der Waals surface area contributed by atoms with E-state index in [1.807, 2.05) is 31.2 Å². The minimum absolute atomic E-state index is 0.180. The number of aryl methyl sites for hydroxylation is 1. The van der Waals surface area contributed by atoms with E-state index in [9.17, 15) is 31.1 Å². The number of hydrogen-bond acceptors (Lipinski definition) is 2. The van der Waals surface area contributed by atoms with Gasteiger partial charge < -0.3 is 15.1 Å². The smallest absolute Gasteiger partial charge is 0.328 e. The number of carbonyl (C=O) groups excluding carboxylic acids is 1. The number of hydrogen-bond donors (Lipinski definition) is 1. The Kier molecular flexibility index (Phi) is 7.20. The zero-order valence-corrected chi connectivity index (χ0v) is 20.3. The zero-order valence-electron chi connectivity index (χ0n) is 20.3. The Morgan fingerprint density at radius 3 is 2.56 bits per heavy atom. The molecule has 2 amide bonds. The van der Waals surface area contributed by atoms with Crippen LogP contribution >= 0.6 is 0 Å². The van der Waals surface area contributed by atoms with E-state index in [2.05, 4.69) is 5.32 Å². The monoisotopic (exact) mass is 515 g/mol. The largest absolute Gasteiger partial charge is 0.416 e. The van der Waals surface area contributed by atoms with E-state index >= 15 is 0 Å². The predicted octanol–water partition coefficient (Wildman–Crippen LogP) is 6.02.